The first-order chi connectivity index (χ1) is 11.7. The maximum Gasteiger partial charge on any atom is 0.322 e. The van der Waals surface area contributed by atoms with Crippen LogP contribution in [0.3, 0.4) is 0 Å². The number of aryl methyl sites for hydroxylation is 1. The number of nitrogens with zero attached hydrogens (tertiary/aromatic N) is 3. The van der Waals surface area contributed by atoms with Gasteiger partial charge in [-0.1, -0.05) is 13.8 Å². The minimum absolute atomic E-state index is 0.0367. The van der Waals surface area contributed by atoms with Crippen LogP contribution >= 0.6 is 0 Å². The Labute approximate surface area is 145 Å². The van der Waals surface area contributed by atoms with Gasteiger partial charge < -0.3 is 9.84 Å². The SMILES string of the molecule is CC(C)C(NS(=O)(=O)c1ccc(OCc2ncnn2C)cc1)C(=O)O. The fourth-order valence-electron chi connectivity index (χ4n) is 2.02. The molecular formula is C15H20N4O5S. The van der Waals surface area contributed by atoms with E-state index in [0.29, 0.717) is 11.6 Å². The van der Waals surface area contributed by atoms with Crippen LogP contribution in [-0.2, 0) is 28.5 Å². The predicted molar refractivity (Wildman–Crippen MR) is 88.4 cm³/mol. The maximum atomic E-state index is 12.3. The van der Waals surface area contributed by atoms with E-state index < -0.39 is 22.0 Å². The van der Waals surface area contributed by atoms with Crippen molar-refractivity contribution in [2.75, 3.05) is 0 Å². The third kappa shape index (κ3) is 4.77. The summed E-state index contributed by atoms with van der Waals surface area (Å²) >= 11 is 0. The molecule has 2 N–H and O–H groups in total. The molecule has 0 fully saturated rings. The number of nitrogens with one attached hydrogen (secondary N) is 1. The van der Waals surface area contributed by atoms with E-state index in [-0.39, 0.29) is 17.4 Å². The number of sulfonamides is 1. The molecule has 1 aromatic carbocycles. The summed E-state index contributed by atoms with van der Waals surface area (Å²) in [5, 5.41) is 13.0. The van der Waals surface area contributed by atoms with E-state index in [1.807, 2.05) is 0 Å². The zero-order valence-electron chi connectivity index (χ0n) is 14.1. The Bertz CT molecular complexity index is 830. The largest absolute Gasteiger partial charge is 0.486 e. The van der Waals surface area contributed by atoms with Crippen LogP contribution in [0.4, 0.5) is 0 Å². The molecule has 0 spiro atoms. The summed E-state index contributed by atoms with van der Waals surface area (Å²) in [4.78, 5) is 15.2. The van der Waals surface area contributed by atoms with Crippen molar-refractivity contribution in [2.45, 2.75) is 31.4 Å². The van der Waals surface area contributed by atoms with Crippen molar-refractivity contribution in [1.82, 2.24) is 19.5 Å². The van der Waals surface area contributed by atoms with E-state index >= 15 is 0 Å². The molecule has 136 valence electrons. The molecule has 0 amide bonds. The van der Waals surface area contributed by atoms with E-state index in [1.165, 1.54) is 30.6 Å². The molecule has 25 heavy (non-hydrogen) atoms. The first-order valence-corrected chi connectivity index (χ1v) is 9.00. The van der Waals surface area contributed by atoms with Gasteiger partial charge in [0.1, 0.15) is 24.7 Å². The Morgan fingerprint density at radius 3 is 2.44 bits per heavy atom. The Morgan fingerprint density at radius 1 is 1.32 bits per heavy atom. The van der Waals surface area contributed by atoms with E-state index in [9.17, 15) is 13.2 Å². The van der Waals surface area contributed by atoms with Crippen LogP contribution in [0, 0.1) is 5.92 Å². The van der Waals surface area contributed by atoms with E-state index in [4.69, 9.17) is 9.84 Å². The molecule has 2 aromatic rings. The quantitative estimate of drug-likeness (QED) is 0.706. The lowest BCUT2D eigenvalue weighted by Gasteiger charge is -2.18. The molecule has 0 aliphatic carbocycles. The van der Waals surface area contributed by atoms with Gasteiger partial charge in [-0.2, -0.15) is 9.82 Å². The van der Waals surface area contributed by atoms with Crippen LogP contribution in [0.5, 0.6) is 5.75 Å². The van der Waals surface area contributed by atoms with Crippen LogP contribution < -0.4 is 9.46 Å². The van der Waals surface area contributed by atoms with Gasteiger partial charge in [-0.15, -0.1) is 0 Å². The predicted octanol–water partition coefficient (Wildman–Crippen LogP) is 0.782. The number of hydrogen-bond acceptors (Lipinski definition) is 6. The summed E-state index contributed by atoms with van der Waals surface area (Å²) in [5.41, 5.74) is 0. The molecule has 0 aliphatic heterocycles. The number of rotatable bonds is 8. The fraction of sp³-hybridized carbons (Fsp3) is 0.400. The van der Waals surface area contributed by atoms with Crippen molar-refractivity contribution < 1.29 is 23.1 Å². The Hall–Kier alpha value is -2.46. The lowest BCUT2D eigenvalue weighted by Crippen LogP contribution is -2.44. The fourth-order valence-corrected chi connectivity index (χ4v) is 3.36. The molecule has 0 radical (unpaired) electrons. The smallest absolute Gasteiger partial charge is 0.322 e. The number of hydrogen-bond donors (Lipinski definition) is 2. The molecule has 0 aliphatic rings. The summed E-state index contributed by atoms with van der Waals surface area (Å²) in [6.45, 7) is 3.45. The number of carboxylic acid groups (broad SMARTS) is 1. The third-order valence-corrected chi connectivity index (χ3v) is 4.98. The van der Waals surface area contributed by atoms with Gasteiger partial charge in [-0.25, -0.2) is 13.4 Å². The van der Waals surface area contributed by atoms with Gasteiger partial charge in [0.2, 0.25) is 10.0 Å². The molecule has 1 unspecified atom stereocenters. The Kier molecular flexibility index (Phi) is 5.75. The maximum absolute atomic E-state index is 12.3. The molecule has 0 bridgehead atoms. The Morgan fingerprint density at radius 2 is 1.96 bits per heavy atom. The zero-order chi connectivity index (χ0) is 18.6. The topological polar surface area (TPSA) is 123 Å². The highest BCUT2D eigenvalue weighted by molar-refractivity contribution is 7.89. The number of carboxylic acids is 1. The average molecular weight is 368 g/mol. The first-order valence-electron chi connectivity index (χ1n) is 7.51. The van der Waals surface area contributed by atoms with Crippen molar-refractivity contribution in [1.29, 1.82) is 0 Å². The lowest BCUT2D eigenvalue weighted by molar-refractivity contribution is -0.140. The monoisotopic (exact) mass is 368 g/mol. The number of aromatic nitrogens is 3. The summed E-state index contributed by atoms with van der Waals surface area (Å²) in [5.74, 6) is -0.524. The van der Waals surface area contributed by atoms with Gasteiger partial charge in [0.25, 0.3) is 0 Å². The highest BCUT2D eigenvalue weighted by atomic mass is 32.2. The van der Waals surface area contributed by atoms with Crippen molar-refractivity contribution in [3.63, 3.8) is 0 Å². The van der Waals surface area contributed by atoms with Crippen LogP contribution in [0.1, 0.15) is 19.7 Å². The zero-order valence-corrected chi connectivity index (χ0v) is 14.9. The third-order valence-electron chi connectivity index (χ3n) is 3.52. The van der Waals surface area contributed by atoms with Gasteiger partial charge in [0.15, 0.2) is 5.82 Å². The van der Waals surface area contributed by atoms with Crippen LogP contribution in [0.2, 0.25) is 0 Å². The molecule has 0 saturated carbocycles. The number of benzene rings is 1. The van der Waals surface area contributed by atoms with Crippen molar-refractivity contribution in [3.8, 4) is 5.75 Å². The summed E-state index contributed by atoms with van der Waals surface area (Å²) < 4.78 is 33.9. The summed E-state index contributed by atoms with van der Waals surface area (Å²) in [6.07, 6.45) is 1.41. The van der Waals surface area contributed by atoms with Gasteiger partial charge in [-0.05, 0) is 30.2 Å². The van der Waals surface area contributed by atoms with Gasteiger partial charge >= 0.3 is 5.97 Å². The number of aliphatic carboxylic acids is 1. The number of carbonyl (C=O) groups is 1. The van der Waals surface area contributed by atoms with Crippen molar-refractivity contribution in [3.05, 3.63) is 36.4 Å². The first kappa shape index (κ1) is 18.9. The van der Waals surface area contributed by atoms with Crippen molar-refractivity contribution >= 4 is 16.0 Å². The lowest BCUT2D eigenvalue weighted by atomic mass is 10.1. The highest BCUT2D eigenvalue weighted by Gasteiger charge is 2.27. The molecule has 0 saturated heterocycles. The van der Waals surface area contributed by atoms with Crippen LogP contribution in [0.15, 0.2) is 35.5 Å². The second-order valence-electron chi connectivity index (χ2n) is 5.74. The number of ether oxygens (including phenoxy) is 1. The highest BCUT2D eigenvalue weighted by Crippen LogP contribution is 2.18. The molecule has 9 nitrogen and oxygen atoms in total. The normalized spacial score (nSPS) is 13.0. The molecular weight excluding hydrogens is 348 g/mol. The van der Waals surface area contributed by atoms with Gasteiger partial charge in [0.05, 0.1) is 4.90 Å². The molecule has 1 aromatic heterocycles. The second-order valence-corrected chi connectivity index (χ2v) is 7.46. The van der Waals surface area contributed by atoms with Crippen LogP contribution in [0.25, 0.3) is 0 Å². The minimum Gasteiger partial charge on any atom is -0.486 e. The summed E-state index contributed by atoms with van der Waals surface area (Å²) in [6, 6.07) is 4.50. The second kappa shape index (κ2) is 7.62. The average Bonchev–Trinajstić information content (AvgIpc) is 2.96. The van der Waals surface area contributed by atoms with Gasteiger partial charge in [-0.3, -0.25) is 9.48 Å². The molecule has 10 heteroatoms. The van der Waals surface area contributed by atoms with Crippen LogP contribution in [-0.4, -0.2) is 40.3 Å². The minimum atomic E-state index is -3.94. The molecule has 1 heterocycles. The molecule has 1 atom stereocenters. The Balaban J connectivity index is 2.07. The van der Waals surface area contributed by atoms with E-state index in [0.717, 1.165) is 0 Å². The van der Waals surface area contributed by atoms with Gasteiger partial charge in [0, 0.05) is 7.05 Å². The molecule has 2 rings (SSSR count). The van der Waals surface area contributed by atoms with E-state index in [2.05, 4.69) is 14.8 Å². The summed E-state index contributed by atoms with van der Waals surface area (Å²) in [7, 11) is -2.21. The van der Waals surface area contributed by atoms with Crippen molar-refractivity contribution in [2.24, 2.45) is 13.0 Å². The standard InChI is InChI=1S/C15H20N4O5S/c1-10(2)14(15(20)21)18-25(22,23)12-6-4-11(5-7-12)24-8-13-16-9-17-19(13)3/h4-7,9-10,14,18H,8H2,1-3H3,(H,20,21). The van der Waals surface area contributed by atoms with E-state index in [1.54, 1.807) is 25.6 Å².